The molecule has 10 rings (SSSR count). The van der Waals surface area contributed by atoms with Crippen LogP contribution >= 0.6 is 79.7 Å². The van der Waals surface area contributed by atoms with E-state index in [4.69, 9.17) is 18.2 Å². The number of rotatable bonds is 16. The number of nitrogens with zero attached hydrogens (tertiary/aromatic N) is 4. The molecule has 7 heterocycles. The molecule has 304 valence electrons. The third-order valence-corrected chi connectivity index (χ3v) is 19.0. The van der Waals surface area contributed by atoms with Crippen molar-refractivity contribution in [2.75, 3.05) is 13.2 Å². The van der Waals surface area contributed by atoms with E-state index < -0.39 is 0 Å². The summed E-state index contributed by atoms with van der Waals surface area (Å²) in [5, 5.41) is 24.3. The van der Waals surface area contributed by atoms with Crippen LogP contribution in [0.4, 0.5) is 0 Å². The molecule has 0 bridgehead atoms. The fourth-order valence-corrected chi connectivity index (χ4v) is 16.1. The molecule has 0 aliphatic carbocycles. The molecule has 7 aromatic heterocycles. The van der Waals surface area contributed by atoms with Crippen molar-refractivity contribution in [2.24, 2.45) is 0 Å². The summed E-state index contributed by atoms with van der Waals surface area (Å²) < 4.78 is 30.5. The minimum atomic E-state index is 0.527. The van der Waals surface area contributed by atoms with Gasteiger partial charge in [-0.2, -0.15) is 19.3 Å². The van der Waals surface area contributed by atoms with Gasteiger partial charge >= 0.3 is 0 Å². The van der Waals surface area contributed by atoms with Crippen molar-refractivity contribution in [1.82, 2.24) is 8.75 Å². The van der Waals surface area contributed by atoms with E-state index in [0.717, 1.165) is 103 Å². The third-order valence-electron chi connectivity index (χ3n) is 10.9. The topological polar surface area (TPSA) is 91.8 Å². The second-order valence-electron chi connectivity index (χ2n) is 14.9. The fourth-order valence-electron chi connectivity index (χ4n) is 7.88. The Morgan fingerprint density at radius 2 is 0.967 bits per heavy atom. The van der Waals surface area contributed by atoms with Gasteiger partial charge in [0.2, 0.25) is 0 Å². The Balaban J connectivity index is 1.09. The SMILES string of the molecule is CCCCCCOc1c(-c2cc3sc4ccccc4c3s2)sc(-c2ccc(-c3sc(-c4cc5sc6ccccc6c5s4)c(OCCCCCC)c3C#N)c3nsnc23)c1C#N. The largest absolute Gasteiger partial charge is 0.491 e. The standard InChI is InChI=1S/C48H38N4O2S7/c1-3-5-7-13-21-53-41-31(25-49)43(59-47(41)37-23-35-45(57-37)27-15-9-11-17-33(27)55-35)29-19-20-30(40-39(29)51-61-52-40)44-32(26-50)42(54-22-14-8-6-4-2)48(60-44)38-24-36-46(58-38)28-16-10-12-18-34(28)56-36/h9-12,15-20,23-24H,3-8,13-14,21-22H2,1-2H3. The first-order valence-electron chi connectivity index (χ1n) is 20.6. The molecule has 0 aliphatic heterocycles. The molecule has 0 unspecified atom stereocenters. The molecule has 6 nitrogen and oxygen atoms in total. The van der Waals surface area contributed by atoms with Gasteiger partial charge in [-0.05, 0) is 37.1 Å². The van der Waals surface area contributed by atoms with Crippen LogP contribution in [0.1, 0.15) is 76.3 Å². The number of ether oxygens (including phenoxy) is 2. The van der Waals surface area contributed by atoms with Gasteiger partial charge in [0, 0.05) is 40.7 Å². The average Bonchev–Trinajstić information content (AvgIpc) is 4.14. The van der Waals surface area contributed by atoms with Crippen LogP contribution in [-0.4, -0.2) is 22.0 Å². The summed E-state index contributed by atoms with van der Waals surface area (Å²) in [5.41, 5.74) is 4.16. The number of fused-ring (bicyclic) bond motifs is 7. The summed E-state index contributed by atoms with van der Waals surface area (Å²) >= 11 is 11.5. The molecule has 0 fully saturated rings. The van der Waals surface area contributed by atoms with Gasteiger partial charge in [0.15, 0.2) is 11.5 Å². The Hall–Kier alpha value is -4.70. The molecule has 0 spiro atoms. The summed E-state index contributed by atoms with van der Waals surface area (Å²) in [6, 6.07) is 30.8. The van der Waals surface area contributed by atoms with Crippen molar-refractivity contribution in [3.05, 3.63) is 83.9 Å². The molecule has 0 radical (unpaired) electrons. The van der Waals surface area contributed by atoms with E-state index in [1.165, 1.54) is 39.0 Å². The molecule has 0 saturated carbocycles. The highest BCUT2D eigenvalue weighted by Gasteiger charge is 2.29. The lowest BCUT2D eigenvalue weighted by Crippen LogP contribution is -1.99. The van der Waals surface area contributed by atoms with Crippen LogP contribution in [0.25, 0.3) is 90.4 Å². The lowest BCUT2D eigenvalue weighted by atomic mass is 10.0. The van der Waals surface area contributed by atoms with Crippen LogP contribution < -0.4 is 9.47 Å². The number of aromatic nitrogens is 2. The van der Waals surface area contributed by atoms with E-state index in [-0.39, 0.29) is 0 Å². The highest BCUT2D eigenvalue weighted by atomic mass is 32.1. The third kappa shape index (κ3) is 7.34. The number of nitriles is 2. The minimum absolute atomic E-state index is 0.527. The second-order valence-corrected chi connectivity index (χ2v) is 21.7. The molecular formula is C48H38N4O2S7. The van der Waals surface area contributed by atoms with E-state index >= 15 is 0 Å². The first-order valence-corrected chi connectivity index (χ1v) is 26.2. The fraction of sp³-hybridized carbons (Fsp3) is 0.250. The molecule has 0 atom stereocenters. The lowest BCUT2D eigenvalue weighted by molar-refractivity contribution is 0.306. The predicted octanol–water partition coefficient (Wildman–Crippen LogP) is 17.0. The van der Waals surface area contributed by atoms with Gasteiger partial charge in [-0.25, -0.2) is 0 Å². The van der Waals surface area contributed by atoms with Crippen LogP contribution in [0.3, 0.4) is 0 Å². The van der Waals surface area contributed by atoms with Gasteiger partial charge < -0.3 is 9.47 Å². The smallest absolute Gasteiger partial charge is 0.157 e. The molecule has 13 heteroatoms. The number of hydrogen-bond acceptors (Lipinski definition) is 13. The van der Waals surface area contributed by atoms with E-state index in [1.54, 1.807) is 68.0 Å². The summed E-state index contributed by atoms with van der Waals surface area (Å²) in [6.07, 6.45) is 8.62. The number of unbranched alkanes of at least 4 members (excludes halogenated alkanes) is 6. The second kappa shape index (κ2) is 17.6. The molecule has 3 aromatic carbocycles. The van der Waals surface area contributed by atoms with Crippen LogP contribution in [-0.2, 0) is 0 Å². The molecule has 10 aromatic rings. The highest BCUT2D eigenvalue weighted by molar-refractivity contribution is 7.36. The first-order chi connectivity index (χ1) is 30.1. The molecule has 0 N–H and O–H groups in total. The predicted molar refractivity (Wildman–Crippen MR) is 265 cm³/mol. The average molecular weight is 927 g/mol. The van der Waals surface area contributed by atoms with Crippen molar-refractivity contribution in [2.45, 2.75) is 65.2 Å². The zero-order valence-corrected chi connectivity index (χ0v) is 39.2. The normalized spacial score (nSPS) is 11.7. The van der Waals surface area contributed by atoms with Crippen LogP contribution in [0.15, 0.2) is 72.8 Å². The van der Waals surface area contributed by atoms with Crippen LogP contribution in [0.2, 0.25) is 0 Å². The summed E-state index contributed by atoms with van der Waals surface area (Å²) in [4.78, 5) is 5.78. The minimum Gasteiger partial charge on any atom is -0.491 e. The summed E-state index contributed by atoms with van der Waals surface area (Å²) in [6.45, 7) is 5.51. The molecule has 0 amide bonds. The quantitative estimate of drug-likeness (QED) is 0.0897. The van der Waals surface area contributed by atoms with Gasteiger partial charge in [0.25, 0.3) is 0 Å². The Kier molecular flexibility index (Phi) is 11.6. The molecular weight excluding hydrogens is 889 g/mol. The van der Waals surface area contributed by atoms with Crippen molar-refractivity contribution in [3.63, 3.8) is 0 Å². The van der Waals surface area contributed by atoms with Crippen molar-refractivity contribution < 1.29 is 9.47 Å². The number of benzene rings is 3. The zero-order chi connectivity index (χ0) is 41.5. The molecule has 61 heavy (non-hydrogen) atoms. The maximum absolute atomic E-state index is 10.9. The van der Waals surface area contributed by atoms with E-state index in [0.29, 0.717) is 46.9 Å². The van der Waals surface area contributed by atoms with Gasteiger partial charge in [-0.3, -0.25) is 0 Å². The monoisotopic (exact) mass is 926 g/mol. The van der Waals surface area contributed by atoms with Gasteiger partial charge in [0.1, 0.15) is 34.3 Å². The molecule has 0 saturated heterocycles. The van der Waals surface area contributed by atoms with Crippen LogP contribution in [0.5, 0.6) is 11.5 Å². The maximum atomic E-state index is 10.9. The van der Waals surface area contributed by atoms with E-state index in [2.05, 4.69) is 98.8 Å². The van der Waals surface area contributed by atoms with Gasteiger partial charge in [-0.15, -0.1) is 68.0 Å². The van der Waals surface area contributed by atoms with E-state index in [9.17, 15) is 10.5 Å². The van der Waals surface area contributed by atoms with Crippen LogP contribution in [0, 0.1) is 22.7 Å². The van der Waals surface area contributed by atoms with Gasteiger partial charge in [-0.1, -0.05) is 101 Å². The van der Waals surface area contributed by atoms with Crippen molar-refractivity contribution >= 4 is 130 Å². The maximum Gasteiger partial charge on any atom is 0.157 e. The Labute approximate surface area is 381 Å². The highest BCUT2D eigenvalue weighted by Crippen LogP contribution is 2.55. The lowest BCUT2D eigenvalue weighted by Gasteiger charge is -2.08. The first kappa shape index (κ1) is 40.4. The Bertz CT molecular complexity index is 3090. The number of thiophene rings is 6. The van der Waals surface area contributed by atoms with E-state index in [1.807, 2.05) is 0 Å². The Morgan fingerprint density at radius 3 is 1.41 bits per heavy atom. The van der Waals surface area contributed by atoms with Crippen molar-refractivity contribution in [1.29, 1.82) is 10.5 Å². The Morgan fingerprint density at radius 1 is 0.508 bits per heavy atom. The number of hydrogen-bond donors (Lipinski definition) is 0. The summed E-state index contributed by atoms with van der Waals surface area (Å²) in [7, 11) is 0. The summed E-state index contributed by atoms with van der Waals surface area (Å²) in [5.74, 6) is 1.30. The van der Waals surface area contributed by atoms with Gasteiger partial charge in [0.05, 0.1) is 63.6 Å². The zero-order valence-electron chi connectivity index (χ0n) is 33.5. The van der Waals surface area contributed by atoms with Crippen molar-refractivity contribution in [3.8, 4) is 64.0 Å². The molecule has 0 aliphatic rings.